The second kappa shape index (κ2) is 5.56. The molecule has 0 unspecified atom stereocenters. The van der Waals surface area contributed by atoms with E-state index in [0.29, 0.717) is 17.1 Å². The van der Waals surface area contributed by atoms with Crippen molar-refractivity contribution in [2.45, 2.75) is 6.92 Å². The standard InChI is InChI=1S/C18H17NO3/c1-11-4-5-17-15(6-11)16(18(20)19-17)9-12-7-13(21-2)10-14(8-12)22-3/h4-10H,1-3H3,(H,19,20)/b16-9+. The maximum absolute atomic E-state index is 12.2. The van der Waals surface area contributed by atoms with Gasteiger partial charge in [-0.25, -0.2) is 0 Å². The molecule has 0 aliphatic carbocycles. The summed E-state index contributed by atoms with van der Waals surface area (Å²) in [5, 5.41) is 2.88. The molecular weight excluding hydrogens is 278 g/mol. The van der Waals surface area contributed by atoms with Crippen LogP contribution in [0.3, 0.4) is 0 Å². The van der Waals surface area contributed by atoms with Crippen molar-refractivity contribution in [2.24, 2.45) is 0 Å². The second-order valence-electron chi connectivity index (χ2n) is 5.21. The predicted molar refractivity (Wildman–Crippen MR) is 87.2 cm³/mol. The summed E-state index contributed by atoms with van der Waals surface area (Å²) in [5.41, 5.74) is 4.39. The molecule has 1 N–H and O–H groups in total. The van der Waals surface area contributed by atoms with E-state index in [1.807, 2.05) is 43.3 Å². The van der Waals surface area contributed by atoms with E-state index in [9.17, 15) is 4.79 Å². The number of amides is 1. The fourth-order valence-corrected chi connectivity index (χ4v) is 2.52. The summed E-state index contributed by atoms with van der Waals surface area (Å²) in [7, 11) is 3.21. The van der Waals surface area contributed by atoms with Crippen molar-refractivity contribution in [3.63, 3.8) is 0 Å². The number of fused-ring (bicyclic) bond motifs is 1. The van der Waals surface area contributed by atoms with E-state index >= 15 is 0 Å². The molecule has 0 atom stereocenters. The number of anilines is 1. The lowest BCUT2D eigenvalue weighted by Gasteiger charge is -2.06. The Morgan fingerprint density at radius 2 is 1.68 bits per heavy atom. The molecule has 2 aromatic rings. The Balaban J connectivity index is 2.10. The number of benzene rings is 2. The van der Waals surface area contributed by atoms with Gasteiger partial charge < -0.3 is 14.8 Å². The summed E-state index contributed by atoms with van der Waals surface area (Å²) < 4.78 is 10.5. The van der Waals surface area contributed by atoms with Gasteiger partial charge in [-0.15, -0.1) is 0 Å². The molecule has 0 fully saturated rings. The third kappa shape index (κ3) is 2.55. The van der Waals surface area contributed by atoms with Crippen LogP contribution < -0.4 is 14.8 Å². The quantitative estimate of drug-likeness (QED) is 0.882. The van der Waals surface area contributed by atoms with E-state index in [2.05, 4.69) is 5.32 Å². The average molecular weight is 295 g/mol. The highest BCUT2D eigenvalue weighted by molar-refractivity contribution is 6.34. The lowest BCUT2D eigenvalue weighted by molar-refractivity contribution is -0.110. The predicted octanol–water partition coefficient (Wildman–Crippen LogP) is 3.50. The van der Waals surface area contributed by atoms with Gasteiger partial charge in [0.25, 0.3) is 5.91 Å². The zero-order valence-corrected chi connectivity index (χ0v) is 12.8. The highest BCUT2D eigenvalue weighted by atomic mass is 16.5. The Morgan fingerprint density at radius 1 is 1.00 bits per heavy atom. The molecule has 4 nitrogen and oxygen atoms in total. The van der Waals surface area contributed by atoms with Crippen molar-refractivity contribution in [1.29, 1.82) is 0 Å². The Morgan fingerprint density at radius 3 is 2.32 bits per heavy atom. The third-order valence-electron chi connectivity index (χ3n) is 3.64. The second-order valence-corrected chi connectivity index (χ2v) is 5.21. The van der Waals surface area contributed by atoms with Crippen LogP contribution in [0.15, 0.2) is 36.4 Å². The van der Waals surface area contributed by atoms with Gasteiger partial charge in [-0.3, -0.25) is 4.79 Å². The van der Waals surface area contributed by atoms with E-state index in [1.54, 1.807) is 20.3 Å². The maximum atomic E-state index is 12.2. The molecule has 2 aromatic carbocycles. The number of hydrogen-bond donors (Lipinski definition) is 1. The van der Waals surface area contributed by atoms with Gasteiger partial charge in [0.2, 0.25) is 0 Å². The van der Waals surface area contributed by atoms with E-state index in [4.69, 9.17) is 9.47 Å². The van der Waals surface area contributed by atoms with Crippen molar-refractivity contribution in [3.8, 4) is 11.5 Å². The smallest absolute Gasteiger partial charge is 0.256 e. The van der Waals surface area contributed by atoms with Crippen molar-refractivity contribution >= 4 is 23.2 Å². The van der Waals surface area contributed by atoms with Gasteiger partial charge in [-0.05, 0) is 42.8 Å². The molecule has 1 amide bonds. The molecule has 0 aromatic heterocycles. The molecule has 0 spiro atoms. The molecule has 0 saturated heterocycles. The van der Waals surface area contributed by atoms with Gasteiger partial charge in [0.1, 0.15) is 11.5 Å². The van der Waals surface area contributed by atoms with Crippen LogP contribution in [0.4, 0.5) is 5.69 Å². The van der Waals surface area contributed by atoms with Crippen LogP contribution >= 0.6 is 0 Å². The van der Waals surface area contributed by atoms with Gasteiger partial charge in [0.05, 0.1) is 14.2 Å². The number of methoxy groups -OCH3 is 2. The highest BCUT2D eigenvalue weighted by Gasteiger charge is 2.24. The van der Waals surface area contributed by atoms with Crippen molar-refractivity contribution in [1.82, 2.24) is 0 Å². The SMILES string of the molecule is COc1cc(/C=C2/C(=O)Nc3ccc(C)cc32)cc(OC)c1. The van der Waals surface area contributed by atoms with Crippen LogP contribution in [0.5, 0.6) is 11.5 Å². The summed E-state index contributed by atoms with van der Waals surface area (Å²) in [4.78, 5) is 12.2. The summed E-state index contributed by atoms with van der Waals surface area (Å²) in [6.07, 6.45) is 1.85. The van der Waals surface area contributed by atoms with Crippen molar-refractivity contribution < 1.29 is 14.3 Å². The van der Waals surface area contributed by atoms with Gasteiger partial charge in [0.15, 0.2) is 0 Å². The largest absolute Gasteiger partial charge is 0.497 e. The minimum atomic E-state index is -0.0950. The topological polar surface area (TPSA) is 47.6 Å². The minimum Gasteiger partial charge on any atom is -0.497 e. The van der Waals surface area contributed by atoms with Gasteiger partial charge in [-0.1, -0.05) is 11.6 Å². The molecule has 0 saturated carbocycles. The first-order chi connectivity index (χ1) is 10.6. The number of carbonyl (C=O) groups excluding carboxylic acids is 1. The Labute approximate surface area is 129 Å². The molecule has 22 heavy (non-hydrogen) atoms. The Bertz CT molecular complexity index is 756. The van der Waals surface area contributed by atoms with E-state index < -0.39 is 0 Å². The van der Waals surface area contributed by atoms with Crippen LogP contribution in [0.2, 0.25) is 0 Å². The molecule has 1 heterocycles. The minimum absolute atomic E-state index is 0.0950. The summed E-state index contributed by atoms with van der Waals surface area (Å²) in [6, 6.07) is 11.5. The Hall–Kier alpha value is -2.75. The normalized spacial score (nSPS) is 14.7. The molecule has 4 heteroatoms. The zero-order chi connectivity index (χ0) is 15.7. The van der Waals surface area contributed by atoms with E-state index in [1.165, 1.54) is 0 Å². The van der Waals surface area contributed by atoms with Crippen molar-refractivity contribution in [2.75, 3.05) is 19.5 Å². The lowest BCUT2D eigenvalue weighted by Crippen LogP contribution is -2.03. The van der Waals surface area contributed by atoms with E-state index in [0.717, 1.165) is 22.4 Å². The fraction of sp³-hybridized carbons (Fsp3) is 0.167. The molecule has 3 rings (SSSR count). The number of carbonyl (C=O) groups is 1. The molecule has 112 valence electrons. The van der Waals surface area contributed by atoms with Crippen LogP contribution in [-0.2, 0) is 4.79 Å². The first-order valence-corrected chi connectivity index (χ1v) is 6.98. The number of rotatable bonds is 3. The molecule has 0 bridgehead atoms. The molecule has 0 radical (unpaired) electrons. The first kappa shape index (κ1) is 14.2. The number of nitrogens with one attached hydrogen (secondary N) is 1. The van der Waals surface area contributed by atoms with Gasteiger partial charge in [0, 0.05) is 22.9 Å². The summed E-state index contributed by atoms with van der Waals surface area (Å²) in [5.74, 6) is 1.28. The average Bonchev–Trinajstić information content (AvgIpc) is 2.82. The molecule has 1 aliphatic rings. The van der Waals surface area contributed by atoms with Crippen LogP contribution in [-0.4, -0.2) is 20.1 Å². The Kier molecular flexibility index (Phi) is 3.59. The number of hydrogen-bond acceptors (Lipinski definition) is 3. The zero-order valence-electron chi connectivity index (χ0n) is 12.8. The highest BCUT2D eigenvalue weighted by Crippen LogP contribution is 2.34. The van der Waals surface area contributed by atoms with Crippen molar-refractivity contribution in [3.05, 3.63) is 53.1 Å². The monoisotopic (exact) mass is 295 g/mol. The van der Waals surface area contributed by atoms with Gasteiger partial charge in [-0.2, -0.15) is 0 Å². The van der Waals surface area contributed by atoms with Crippen LogP contribution in [0.25, 0.3) is 11.6 Å². The van der Waals surface area contributed by atoms with Crippen LogP contribution in [0, 0.1) is 6.92 Å². The maximum Gasteiger partial charge on any atom is 0.256 e. The third-order valence-corrected chi connectivity index (χ3v) is 3.64. The lowest BCUT2D eigenvalue weighted by atomic mass is 10.0. The molecule has 1 aliphatic heterocycles. The first-order valence-electron chi connectivity index (χ1n) is 6.98. The summed E-state index contributed by atoms with van der Waals surface area (Å²) >= 11 is 0. The van der Waals surface area contributed by atoms with Gasteiger partial charge >= 0.3 is 0 Å². The summed E-state index contributed by atoms with van der Waals surface area (Å²) in [6.45, 7) is 2.01. The van der Waals surface area contributed by atoms with Crippen LogP contribution in [0.1, 0.15) is 16.7 Å². The molecular formula is C18H17NO3. The number of ether oxygens (including phenoxy) is 2. The fourth-order valence-electron chi connectivity index (χ4n) is 2.52. The van der Waals surface area contributed by atoms with E-state index in [-0.39, 0.29) is 5.91 Å². The number of aryl methyl sites for hydroxylation is 1.